The van der Waals surface area contributed by atoms with Crippen LogP contribution in [0.4, 0.5) is 17.6 Å². The monoisotopic (exact) mass is 232 g/mol. The van der Waals surface area contributed by atoms with E-state index >= 15 is 0 Å². The summed E-state index contributed by atoms with van der Waals surface area (Å²) in [6, 6.07) is 2.90. The number of benzene rings is 1. The number of nitrogens with one attached hydrogen (secondary N) is 1. The fraction of sp³-hybridized carbons (Fsp3) is 0.125. The van der Waals surface area contributed by atoms with Crippen LogP contribution in [0.1, 0.15) is 5.56 Å². The smallest absolute Gasteiger partial charge is 0.239 e. The molecule has 1 aromatic heterocycles. The molecule has 2 aromatic rings. The van der Waals surface area contributed by atoms with E-state index in [1.807, 2.05) is 0 Å². The maximum atomic E-state index is 13.5. The lowest BCUT2D eigenvalue weighted by Gasteiger charge is -2.09. The van der Waals surface area contributed by atoms with Gasteiger partial charge in [0.1, 0.15) is 5.82 Å². The molecule has 2 rings (SSSR count). The molecular formula is C8H4F4N4. The molecule has 84 valence electrons. The Bertz CT molecular complexity index is 491. The van der Waals surface area contributed by atoms with Crippen molar-refractivity contribution in [3.8, 4) is 11.4 Å². The Kier molecular flexibility index (Phi) is 2.33. The highest BCUT2D eigenvalue weighted by Gasteiger charge is 2.35. The molecular weight excluding hydrogens is 228 g/mol. The zero-order valence-electron chi connectivity index (χ0n) is 7.59. The number of aromatic amines is 1. The minimum Gasteiger partial charge on any atom is -0.239 e. The molecule has 0 bridgehead atoms. The molecule has 1 aromatic carbocycles. The number of alkyl halides is 3. The summed E-state index contributed by atoms with van der Waals surface area (Å²) >= 11 is 0. The molecule has 1 heterocycles. The van der Waals surface area contributed by atoms with Crippen molar-refractivity contribution in [3.05, 3.63) is 29.6 Å². The van der Waals surface area contributed by atoms with Gasteiger partial charge < -0.3 is 0 Å². The lowest BCUT2D eigenvalue weighted by atomic mass is 10.1. The minimum atomic E-state index is -4.74. The largest absolute Gasteiger partial charge is 0.419 e. The molecule has 0 unspecified atom stereocenters. The van der Waals surface area contributed by atoms with E-state index < -0.39 is 17.6 Å². The van der Waals surface area contributed by atoms with Crippen molar-refractivity contribution in [2.45, 2.75) is 6.18 Å². The summed E-state index contributed by atoms with van der Waals surface area (Å²) in [5, 5.41) is 11.9. The van der Waals surface area contributed by atoms with E-state index in [0.717, 1.165) is 12.1 Å². The Labute approximate surface area is 86.3 Å². The van der Waals surface area contributed by atoms with Gasteiger partial charge in [-0.3, -0.25) is 0 Å². The van der Waals surface area contributed by atoms with E-state index in [1.165, 1.54) is 0 Å². The topological polar surface area (TPSA) is 54.5 Å². The van der Waals surface area contributed by atoms with Crippen molar-refractivity contribution in [1.82, 2.24) is 20.6 Å². The molecule has 0 radical (unpaired) electrons. The Hall–Kier alpha value is -1.99. The molecule has 0 aliphatic rings. The van der Waals surface area contributed by atoms with Crippen LogP contribution in [0.5, 0.6) is 0 Å². The maximum Gasteiger partial charge on any atom is 0.419 e. The Morgan fingerprint density at radius 2 is 1.94 bits per heavy atom. The molecule has 0 aliphatic heterocycles. The number of rotatable bonds is 1. The lowest BCUT2D eigenvalue weighted by molar-refractivity contribution is -0.139. The summed E-state index contributed by atoms with van der Waals surface area (Å²) in [5.41, 5.74) is -1.67. The molecule has 0 spiro atoms. The average Bonchev–Trinajstić information content (AvgIpc) is 2.69. The van der Waals surface area contributed by atoms with Gasteiger partial charge in [-0.05, 0) is 22.6 Å². The third-order valence-corrected chi connectivity index (χ3v) is 1.90. The molecule has 0 aliphatic carbocycles. The van der Waals surface area contributed by atoms with Crippen molar-refractivity contribution < 1.29 is 17.6 Å². The van der Waals surface area contributed by atoms with Crippen LogP contribution in [-0.2, 0) is 6.18 Å². The fourth-order valence-corrected chi connectivity index (χ4v) is 1.21. The second-order valence-corrected chi connectivity index (χ2v) is 2.91. The standard InChI is InChI=1S/C8H4F4N4/c9-6-4(7-13-15-16-14-7)2-1-3-5(6)8(10,11)12/h1-3H,(H,13,14,15,16). The predicted octanol–water partition coefficient (Wildman–Crippen LogP) is 2.02. The summed E-state index contributed by atoms with van der Waals surface area (Å²) in [4.78, 5) is 0. The van der Waals surface area contributed by atoms with Gasteiger partial charge in [0, 0.05) is 0 Å². The van der Waals surface area contributed by atoms with Gasteiger partial charge in [-0.2, -0.15) is 13.2 Å². The normalized spacial score (nSPS) is 11.8. The van der Waals surface area contributed by atoms with Crippen LogP contribution in [-0.4, -0.2) is 20.6 Å². The van der Waals surface area contributed by atoms with E-state index in [2.05, 4.69) is 20.6 Å². The van der Waals surface area contributed by atoms with Crippen LogP contribution in [0, 0.1) is 5.82 Å². The third-order valence-electron chi connectivity index (χ3n) is 1.90. The first-order valence-electron chi connectivity index (χ1n) is 4.10. The first-order chi connectivity index (χ1) is 7.50. The van der Waals surface area contributed by atoms with Crippen molar-refractivity contribution >= 4 is 0 Å². The average molecular weight is 232 g/mol. The second kappa shape index (κ2) is 3.54. The van der Waals surface area contributed by atoms with Crippen LogP contribution < -0.4 is 0 Å². The molecule has 1 N–H and O–H groups in total. The number of aromatic nitrogens is 4. The highest BCUT2D eigenvalue weighted by molar-refractivity contribution is 5.56. The SMILES string of the molecule is Fc1c(-c2nnn[nH]2)cccc1C(F)(F)F. The number of hydrogen-bond acceptors (Lipinski definition) is 3. The van der Waals surface area contributed by atoms with E-state index in [1.54, 1.807) is 0 Å². The number of H-pyrrole nitrogens is 1. The zero-order valence-corrected chi connectivity index (χ0v) is 7.59. The van der Waals surface area contributed by atoms with E-state index in [-0.39, 0.29) is 11.4 Å². The molecule has 16 heavy (non-hydrogen) atoms. The minimum absolute atomic E-state index is 0.149. The zero-order chi connectivity index (χ0) is 11.8. The third kappa shape index (κ3) is 1.73. The van der Waals surface area contributed by atoms with Crippen molar-refractivity contribution in [2.75, 3.05) is 0 Å². The highest BCUT2D eigenvalue weighted by atomic mass is 19.4. The Balaban J connectivity index is 2.58. The van der Waals surface area contributed by atoms with Crippen LogP contribution in [0.25, 0.3) is 11.4 Å². The second-order valence-electron chi connectivity index (χ2n) is 2.91. The summed E-state index contributed by atoms with van der Waals surface area (Å²) in [6.07, 6.45) is -4.74. The van der Waals surface area contributed by atoms with Crippen LogP contribution in [0.3, 0.4) is 0 Å². The van der Waals surface area contributed by atoms with Crippen molar-refractivity contribution in [2.24, 2.45) is 0 Å². The first kappa shape index (κ1) is 10.5. The van der Waals surface area contributed by atoms with Gasteiger partial charge >= 0.3 is 6.18 Å². The summed E-state index contributed by atoms with van der Waals surface area (Å²) in [7, 11) is 0. The van der Waals surface area contributed by atoms with Gasteiger partial charge in [-0.1, -0.05) is 6.07 Å². The number of halogens is 4. The molecule has 0 fully saturated rings. The van der Waals surface area contributed by atoms with Gasteiger partial charge in [0.15, 0.2) is 5.82 Å². The Morgan fingerprint density at radius 3 is 2.50 bits per heavy atom. The summed E-state index contributed by atoms with van der Waals surface area (Å²) in [5.74, 6) is -1.54. The molecule has 0 atom stereocenters. The maximum absolute atomic E-state index is 13.5. The van der Waals surface area contributed by atoms with Gasteiger partial charge in [-0.25, -0.2) is 9.49 Å². The predicted molar refractivity (Wildman–Crippen MR) is 44.6 cm³/mol. The molecule has 0 saturated heterocycles. The van der Waals surface area contributed by atoms with Gasteiger partial charge in [-0.15, -0.1) is 5.10 Å². The first-order valence-corrected chi connectivity index (χ1v) is 4.10. The van der Waals surface area contributed by atoms with Crippen molar-refractivity contribution in [3.63, 3.8) is 0 Å². The molecule has 8 heteroatoms. The van der Waals surface area contributed by atoms with Crippen LogP contribution in [0.2, 0.25) is 0 Å². The van der Waals surface area contributed by atoms with Gasteiger partial charge in [0.25, 0.3) is 0 Å². The van der Waals surface area contributed by atoms with E-state index in [4.69, 9.17) is 0 Å². The Morgan fingerprint density at radius 1 is 1.19 bits per heavy atom. The quantitative estimate of drug-likeness (QED) is 0.765. The highest BCUT2D eigenvalue weighted by Crippen LogP contribution is 2.34. The van der Waals surface area contributed by atoms with E-state index in [9.17, 15) is 17.6 Å². The summed E-state index contributed by atoms with van der Waals surface area (Å²) < 4.78 is 50.6. The number of nitrogens with zero attached hydrogens (tertiary/aromatic N) is 3. The van der Waals surface area contributed by atoms with Gasteiger partial charge in [0.2, 0.25) is 0 Å². The molecule has 0 amide bonds. The number of tetrazole rings is 1. The molecule has 4 nitrogen and oxygen atoms in total. The van der Waals surface area contributed by atoms with E-state index in [0.29, 0.717) is 6.07 Å². The van der Waals surface area contributed by atoms with Gasteiger partial charge in [0.05, 0.1) is 11.1 Å². The fourth-order valence-electron chi connectivity index (χ4n) is 1.21. The lowest BCUT2D eigenvalue weighted by Crippen LogP contribution is -2.08. The number of hydrogen-bond donors (Lipinski definition) is 1. The van der Waals surface area contributed by atoms with Crippen molar-refractivity contribution in [1.29, 1.82) is 0 Å². The van der Waals surface area contributed by atoms with Crippen LogP contribution >= 0.6 is 0 Å². The summed E-state index contributed by atoms with van der Waals surface area (Å²) in [6.45, 7) is 0. The van der Waals surface area contributed by atoms with Crippen LogP contribution in [0.15, 0.2) is 18.2 Å². The molecule has 0 saturated carbocycles.